The maximum atomic E-state index is 6.29. The molecule has 4 rings (SSSR count). The first kappa shape index (κ1) is 13.4. The fourth-order valence-corrected chi connectivity index (χ4v) is 6.31. The Morgan fingerprint density at radius 3 is 1.74 bits per heavy atom. The normalized spacial score (nSPS) is 40.1. The van der Waals surface area contributed by atoms with Gasteiger partial charge in [0.25, 0.3) is 8.32 Å². The van der Waals surface area contributed by atoms with Crippen LogP contribution in [0.4, 0.5) is 0 Å². The van der Waals surface area contributed by atoms with Gasteiger partial charge in [0.15, 0.2) is 0 Å². The van der Waals surface area contributed by atoms with Gasteiger partial charge in [-0.3, -0.25) is 0 Å². The Labute approximate surface area is 118 Å². The lowest BCUT2D eigenvalue weighted by atomic mass is 9.52. The Morgan fingerprint density at radius 1 is 0.842 bits per heavy atom. The minimum atomic E-state index is -2.06. The monoisotopic (exact) mass is 274 g/mol. The minimum Gasteiger partial charge on any atom is -0.405 e. The standard InChI is InChI=1S/C17H26OSi/c1-4-19(5-2,6-3)18-12-17-15-8-13-7-14(10-15)11-16(17)9-13/h4-6,13-17H,1-3,7-12H2. The zero-order valence-electron chi connectivity index (χ0n) is 11.9. The zero-order valence-corrected chi connectivity index (χ0v) is 12.9. The average Bonchev–Trinajstić information content (AvgIpc) is 2.42. The molecule has 0 N–H and O–H groups in total. The lowest BCUT2D eigenvalue weighted by Gasteiger charge is -2.54. The van der Waals surface area contributed by atoms with Gasteiger partial charge in [-0.15, -0.1) is 19.7 Å². The molecular formula is C17H26OSi. The molecule has 4 saturated carbocycles. The Balaban J connectivity index is 1.66. The Bertz CT molecular complexity index is 337. The Kier molecular flexibility index (Phi) is 3.57. The summed E-state index contributed by atoms with van der Waals surface area (Å²) in [5.74, 6) is 4.74. The van der Waals surface area contributed by atoms with E-state index in [0.29, 0.717) is 0 Å². The molecule has 4 aliphatic rings. The summed E-state index contributed by atoms with van der Waals surface area (Å²) in [4.78, 5) is 0. The first-order chi connectivity index (χ1) is 9.19. The highest BCUT2D eigenvalue weighted by molar-refractivity contribution is 6.87. The van der Waals surface area contributed by atoms with Crippen LogP contribution in [0.1, 0.15) is 32.1 Å². The minimum absolute atomic E-state index is 0.791. The van der Waals surface area contributed by atoms with Crippen molar-refractivity contribution in [3.63, 3.8) is 0 Å². The van der Waals surface area contributed by atoms with Gasteiger partial charge in [0.1, 0.15) is 0 Å². The van der Waals surface area contributed by atoms with E-state index >= 15 is 0 Å². The van der Waals surface area contributed by atoms with E-state index in [1.54, 1.807) is 0 Å². The molecule has 0 atom stereocenters. The molecule has 1 nitrogen and oxygen atoms in total. The van der Waals surface area contributed by atoms with E-state index in [1.165, 1.54) is 32.1 Å². The summed E-state index contributed by atoms with van der Waals surface area (Å²) >= 11 is 0. The third-order valence-electron chi connectivity index (χ3n) is 5.90. The molecule has 0 saturated heterocycles. The van der Waals surface area contributed by atoms with E-state index in [4.69, 9.17) is 4.43 Å². The van der Waals surface area contributed by atoms with Gasteiger partial charge >= 0.3 is 0 Å². The van der Waals surface area contributed by atoms with Crippen LogP contribution in [-0.2, 0) is 4.43 Å². The van der Waals surface area contributed by atoms with Crippen molar-refractivity contribution in [2.45, 2.75) is 32.1 Å². The van der Waals surface area contributed by atoms with E-state index < -0.39 is 8.32 Å². The average molecular weight is 274 g/mol. The van der Waals surface area contributed by atoms with Crippen LogP contribution in [0.25, 0.3) is 0 Å². The second-order valence-corrected chi connectivity index (χ2v) is 10.1. The highest BCUT2D eigenvalue weighted by Crippen LogP contribution is 2.56. The topological polar surface area (TPSA) is 9.23 Å². The number of rotatable bonds is 6. The maximum absolute atomic E-state index is 6.29. The van der Waals surface area contributed by atoms with Crippen LogP contribution >= 0.6 is 0 Å². The number of hydrogen-bond donors (Lipinski definition) is 0. The summed E-state index contributed by atoms with van der Waals surface area (Å²) in [6.07, 6.45) is 7.38. The fourth-order valence-electron chi connectivity index (χ4n) is 4.98. The maximum Gasteiger partial charge on any atom is 0.264 e. The molecule has 2 heteroatoms. The van der Waals surface area contributed by atoms with Gasteiger partial charge in [-0.2, -0.15) is 0 Å². The van der Waals surface area contributed by atoms with Crippen molar-refractivity contribution < 1.29 is 4.43 Å². The van der Waals surface area contributed by atoms with Crippen molar-refractivity contribution in [2.24, 2.45) is 29.6 Å². The lowest BCUT2D eigenvalue weighted by Crippen LogP contribution is -2.48. The van der Waals surface area contributed by atoms with Crippen LogP contribution in [0.15, 0.2) is 36.8 Å². The summed E-state index contributed by atoms with van der Waals surface area (Å²) < 4.78 is 6.29. The first-order valence-electron chi connectivity index (χ1n) is 7.74. The highest BCUT2D eigenvalue weighted by atomic mass is 28.4. The quantitative estimate of drug-likeness (QED) is 0.660. The molecule has 0 aromatic rings. The van der Waals surface area contributed by atoms with E-state index in [-0.39, 0.29) is 0 Å². The van der Waals surface area contributed by atoms with Crippen LogP contribution in [0, 0.1) is 29.6 Å². The van der Waals surface area contributed by atoms with Crippen LogP contribution < -0.4 is 0 Å². The smallest absolute Gasteiger partial charge is 0.264 e. The van der Waals surface area contributed by atoms with Crippen molar-refractivity contribution in [1.82, 2.24) is 0 Å². The van der Waals surface area contributed by atoms with Crippen molar-refractivity contribution >= 4 is 8.32 Å². The van der Waals surface area contributed by atoms with Gasteiger partial charge in [0.05, 0.1) is 0 Å². The van der Waals surface area contributed by atoms with E-state index in [9.17, 15) is 0 Å². The predicted octanol–water partition coefficient (Wildman–Crippen LogP) is 4.20. The van der Waals surface area contributed by atoms with Crippen molar-refractivity contribution in [3.05, 3.63) is 36.8 Å². The molecule has 4 aliphatic carbocycles. The SMILES string of the molecule is C=C[Si](C=C)(C=C)OCC1C2CC3CC(C2)CC1C3. The summed E-state index contributed by atoms with van der Waals surface area (Å²) in [6.45, 7) is 12.7. The van der Waals surface area contributed by atoms with Gasteiger partial charge < -0.3 is 4.43 Å². The van der Waals surface area contributed by atoms with Crippen molar-refractivity contribution in [3.8, 4) is 0 Å². The van der Waals surface area contributed by atoms with Crippen molar-refractivity contribution in [1.29, 1.82) is 0 Å². The largest absolute Gasteiger partial charge is 0.405 e. The summed E-state index contributed by atoms with van der Waals surface area (Å²) in [6, 6.07) is 0. The van der Waals surface area contributed by atoms with Gasteiger partial charge in [-0.25, -0.2) is 0 Å². The van der Waals surface area contributed by atoms with Crippen LogP contribution in [-0.4, -0.2) is 14.9 Å². The molecule has 0 spiro atoms. The molecule has 19 heavy (non-hydrogen) atoms. The second kappa shape index (κ2) is 5.06. The lowest BCUT2D eigenvalue weighted by molar-refractivity contribution is -0.0535. The Morgan fingerprint density at radius 2 is 1.32 bits per heavy atom. The van der Waals surface area contributed by atoms with E-state index in [2.05, 4.69) is 19.7 Å². The van der Waals surface area contributed by atoms with Gasteiger partial charge in [-0.05, 0) is 61.7 Å². The molecule has 0 aromatic heterocycles. The third kappa shape index (κ3) is 2.29. The van der Waals surface area contributed by atoms with E-state index in [0.717, 1.165) is 36.2 Å². The van der Waals surface area contributed by atoms with Crippen LogP contribution in [0.2, 0.25) is 0 Å². The van der Waals surface area contributed by atoms with Crippen molar-refractivity contribution in [2.75, 3.05) is 6.61 Å². The van der Waals surface area contributed by atoms with Gasteiger partial charge in [0.2, 0.25) is 0 Å². The van der Waals surface area contributed by atoms with Gasteiger partial charge in [-0.1, -0.05) is 17.1 Å². The predicted molar refractivity (Wildman–Crippen MR) is 82.8 cm³/mol. The van der Waals surface area contributed by atoms with E-state index in [1.807, 2.05) is 17.1 Å². The summed E-state index contributed by atoms with van der Waals surface area (Å²) in [5, 5.41) is 0. The zero-order chi connectivity index (χ0) is 13.5. The fraction of sp³-hybridized carbons (Fsp3) is 0.647. The highest BCUT2D eigenvalue weighted by Gasteiger charge is 2.48. The summed E-state index contributed by atoms with van der Waals surface area (Å²) in [5.41, 5.74) is 5.84. The summed E-state index contributed by atoms with van der Waals surface area (Å²) in [7, 11) is -2.06. The molecule has 0 amide bonds. The van der Waals surface area contributed by atoms with Crippen LogP contribution in [0.5, 0.6) is 0 Å². The Hall–Kier alpha value is -0.603. The molecule has 0 unspecified atom stereocenters. The molecule has 4 bridgehead atoms. The second-order valence-electron chi connectivity index (χ2n) is 6.87. The molecule has 0 aromatic carbocycles. The molecule has 0 heterocycles. The molecular weight excluding hydrogens is 248 g/mol. The van der Waals surface area contributed by atoms with Gasteiger partial charge in [0, 0.05) is 6.61 Å². The van der Waals surface area contributed by atoms with Crippen LogP contribution in [0.3, 0.4) is 0 Å². The number of hydrogen-bond acceptors (Lipinski definition) is 1. The first-order valence-corrected chi connectivity index (χ1v) is 9.88. The molecule has 0 aliphatic heterocycles. The molecule has 4 fully saturated rings. The molecule has 104 valence electrons. The third-order valence-corrected chi connectivity index (χ3v) is 8.49. The molecule has 0 radical (unpaired) electrons.